The number of halogens is 1. The van der Waals surface area contributed by atoms with E-state index in [1.807, 2.05) is 6.07 Å². The molecule has 2 unspecified atom stereocenters. The van der Waals surface area contributed by atoms with E-state index < -0.39 is 0 Å². The van der Waals surface area contributed by atoms with E-state index in [1.54, 1.807) is 22.9 Å². The van der Waals surface area contributed by atoms with Crippen molar-refractivity contribution in [3.63, 3.8) is 0 Å². The Kier molecular flexibility index (Phi) is 3.12. The Balaban J connectivity index is 1.52. The van der Waals surface area contributed by atoms with Gasteiger partial charge in [-0.05, 0) is 37.4 Å². The quantitative estimate of drug-likeness (QED) is 0.920. The first-order valence-electron chi connectivity index (χ1n) is 7.35. The fourth-order valence-corrected chi connectivity index (χ4v) is 3.72. The van der Waals surface area contributed by atoms with Crippen LogP contribution in [0.4, 0.5) is 0 Å². The summed E-state index contributed by atoms with van der Waals surface area (Å²) in [5.41, 5.74) is 1.30. The van der Waals surface area contributed by atoms with Crippen LogP contribution < -0.4 is 5.32 Å². The van der Waals surface area contributed by atoms with E-state index >= 15 is 0 Å². The monoisotopic (exact) mass is 304 g/mol. The van der Waals surface area contributed by atoms with E-state index in [2.05, 4.69) is 15.2 Å². The zero-order valence-corrected chi connectivity index (χ0v) is 12.4. The van der Waals surface area contributed by atoms with Gasteiger partial charge in [-0.1, -0.05) is 11.6 Å². The number of hydrogen-bond donors (Lipinski definition) is 1. The highest BCUT2D eigenvalue weighted by molar-refractivity contribution is 6.30. The molecule has 2 aliphatic heterocycles. The highest BCUT2D eigenvalue weighted by Gasteiger charge is 2.33. The van der Waals surface area contributed by atoms with Crippen molar-refractivity contribution in [2.75, 3.05) is 19.6 Å². The Morgan fingerprint density at radius 1 is 1.38 bits per heavy atom. The molecule has 2 bridgehead atoms. The van der Waals surface area contributed by atoms with Crippen LogP contribution in [0, 0.1) is 5.92 Å². The average Bonchev–Trinajstić information content (AvgIpc) is 3.02. The topological polar surface area (TPSA) is 49.6 Å². The summed E-state index contributed by atoms with van der Waals surface area (Å²) >= 11 is 6.08. The van der Waals surface area contributed by atoms with Crippen molar-refractivity contribution in [2.24, 2.45) is 5.92 Å². The van der Waals surface area contributed by atoms with E-state index in [0.717, 1.165) is 24.4 Å². The fraction of sp³-hybridized carbons (Fsp3) is 0.467. The van der Waals surface area contributed by atoms with Gasteiger partial charge < -0.3 is 14.6 Å². The third-order valence-corrected chi connectivity index (χ3v) is 4.83. The molecule has 1 amide bonds. The molecular weight excluding hydrogens is 288 g/mol. The molecule has 1 N–H and O–H groups in total. The SMILES string of the molecule is O=C(N[C@@H]1CC2CCN(C2)C1)c1cn2c(Cl)ccc2cn1. The summed E-state index contributed by atoms with van der Waals surface area (Å²) in [5, 5.41) is 3.70. The van der Waals surface area contributed by atoms with Gasteiger partial charge in [0.15, 0.2) is 0 Å². The largest absolute Gasteiger partial charge is 0.347 e. The minimum absolute atomic E-state index is 0.117. The first-order valence-corrected chi connectivity index (χ1v) is 7.72. The second kappa shape index (κ2) is 5.00. The molecule has 0 aromatic carbocycles. The number of rotatable bonds is 2. The number of nitrogens with one attached hydrogen (secondary N) is 1. The molecule has 4 rings (SSSR count). The molecule has 110 valence electrons. The molecule has 0 spiro atoms. The smallest absolute Gasteiger partial charge is 0.271 e. The molecule has 2 saturated heterocycles. The molecule has 6 heteroatoms. The number of hydrogen-bond acceptors (Lipinski definition) is 3. The molecule has 5 nitrogen and oxygen atoms in total. The van der Waals surface area contributed by atoms with Crippen LogP contribution in [0.15, 0.2) is 24.5 Å². The zero-order valence-electron chi connectivity index (χ0n) is 11.6. The number of nitrogens with zero attached hydrogens (tertiary/aromatic N) is 3. The maximum absolute atomic E-state index is 12.4. The molecule has 2 aromatic heterocycles. The van der Waals surface area contributed by atoms with Gasteiger partial charge in [0.05, 0.1) is 11.7 Å². The van der Waals surface area contributed by atoms with Gasteiger partial charge in [0, 0.05) is 25.3 Å². The van der Waals surface area contributed by atoms with Crippen LogP contribution in [0.25, 0.3) is 5.52 Å². The van der Waals surface area contributed by atoms with Gasteiger partial charge in [-0.2, -0.15) is 0 Å². The van der Waals surface area contributed by atoms with Gasteiger partial charge in [0.2, 0.25) is 0 Å². The Labute approximate surface area is 127 Å². The molecule has 2 fully saturated rings. The van der Waals surface area contributed by atoms with Crippen molar-refractivity contribution in [1.82, 2.24) is 19.6 Å². The molecule has 3 atom stereocenters. The van der Waals surface area contributed by atoms with Crippen molar-refractivity contribution >= 4 is 23.0 Å². The van der Waals surface area contributed by atoms with Gasteiger partial charge >= 0.3 is 0 Å². The van der Waals surface area contributed by atoms with Crippen molar-refractivity contribution in [3.8, 4) is 0 Å². The predicted molar refractivity (Wildman–Crippen MR) is 80.6 cm³/mol. The number of carbonyl (C=O) groups is 1. The van der Waals surface area contributed by atoms with Gasteiger partial charge in [0.1, 0.15) is 10.8 Å². The Hall–Kier alpha value is -1.59. The summed E-state index contributed by atoms with van der Waals surface area (Å²) in [4.78, 5) is 19.0. The highest BCUT2D eigenvalue weighted by atomic mass is 35.5. The summed E-state index contributed by atoms with van der Waals surface area (Å²) in [6, 6.07) is 3.91. The van der Waals surface area contributed by atoms with Crippen LogP contribution in [0.3, 0.4) is 0 Å². The normalized spacial score (nSPS) is 28.0. The molecule has 0 saturated carbocycles. The van der Waals surface area contributed by atoms with E-state index in [-0.39, 0.29) is 11.9 Å². The maximum Gasteiger partial charge on any atom is 0.271 e. The second-order valence-corrected chi connectivity index (χ2v) is 6.43. The number of fused-ring (bicyclic) bond motifs is 3. The van der Waals surface area contributed by atoms with Crippen molar-refractivity contribution in [3.05, 3.63) is 35.4 Å². The summed E-state index contributed by atoms with van der Waals surface area (Å²) in [6.45, 7) is 3.31. The van der Waals surface area contributed by atoms with Crippen LogP contribution in [-0.4, -0.2) is 45.9 Å². The number of piperidine rings is 1. The lowest BCUT2D eigenvalue weighted by Gasteiger charge is -2.30. The Bertz CT molecular complexity index is 686. The minimum Gasteiger partial charge on any atom is -0.347 e. The van der Waals surface area contributed by atoms with E-state index in [9.17, 15) is 4.79 Å². The summed E-state index contributed by atoms with van der Waals surface area (Å²) in [5.74, 6) is 0.618. The number of aromatic nitrogens is 2. The van der Waals surface area contributed by atoms with E-state index in [1.165, 1.54) is 19.5 Å². The number of amides is 1. The molecule has 0 aliphatic carbocycles. The highest BCUT2D eigenvalue weighted by Crippen LogP contribution is 2.26. The maximum atomic E-state index is 12.4. The molecule has 21 heavy (non-hydrogen) atoms. The van der Waals surface area contributed by atoms with Crippen molar-refractivity contribution in [1.29, 1.82) is 0 Å². The lowest BCUT2D eigenvalue weighted by Crippen LogP contribution is -2.47. The van der Waals surface area contributed by atoms with Crippen molar-refractivity contribution < 1.29 is 4.79 Å². The van der Waals surface area contributed by atoms with Crippen LogP contribution in [0.2, 0.25) is 5.15 Å². The lowest BCUT2D eigenvalue weighted by molar-refractivity contribution is 0.0904. The second-order valence-electron chi connectivity index (χ2n) is 6.04. The summed E-state index contributed by atoms with van der Waals surface area (Å²) in [7, 11) is 0. The van der Waals surface area contributed by atoms with Gasteiger partial charge in [-0.3, -0.25) is 4.79 Å². The third-order valence-electron chi connectivity index (χ3n) is 4.52. The van der Waals surface area contributed by atoms with Gasteiger partial charge in [-0.25, -0.2) is 4.98 Å². The van der Waals surface area contributed by atoms with Gasteiger partial charge in [-0.15, -0.1) is 0 Å². The molecule has 0 radical (unpaired) electrons. The van der Waals surface area contributed by atoms with Crippen LogP contribution >= 0.6 is 11.6 Å². The van der Waals surface area contributed by atoms with E-state index in [4.69, 9.17) is 11.6 Å². The number of carbonyl (C=O) groups excluding carboxylic acids is 1. The van der Waals surface area contributed by atoms with Gasteiger partial charge in [0.25, 0.3) is 5.91 Å². The standard InChI is InChI=1S/C15H17ClN4O/c16-14-2-1-12-6-17-13(9-20(12)14)15(21)18-11-5-10-3-4-19(7-10)8-11/h1-2,6,9-11H,3-5,7-8H2,(H,18,21)/t10?,11-/m1/s1. The van der Waals surface area contributed by atoms with E-state index in [0.29, 0.717) is 10.8 Å². The van der Waals surface area contributed by atoms with Crippen molar-refractivity contribution in [2.45, 2.75) is 18.9 Å². The Morgan fingerprint density at radius 2 is 2.29 bits per heavy atom. The van der Waals surface area contributed by atoms with Crippen LogP contribution in [0.5, 0.6) is 0 Å². The third kappa shape index (κ3) is 2.40. The van der Waals surface area contributed by atoms with Crippen LogP contribution in [-0.2, 0) is 0 Å². The molecular formula is C15H17ClN4O. The molecule has 4 heterocycles. The summed E-state index contributed by atoms with van der Waals surface area (Å²) < 4.78 is 1.78. The Morgan fingerprint density at radius 3 is 3.14 bits per heavy atom. The average molecular weight is 305 g/mol. The predicted octanol–water partition coefficient (Wildman–Crippen LogP) is 1.81. The lowest BCUT2D eigenvalue weighted by atomic mass is 9.97. The fourth-order valence-electron chi connectivity index (χ4n) is 3.51. The zero-order chi connectivity index (χ0) is 14.4. The van der Waals surface area contributed by atoms with Crippen LogP contribution in [0.1, 0.15) is 23.3 Å². The first kappa shape index (κ1) is 13.1. The minimum atomic E-state index is -0.117. The molecule has 2 aliphatic rings. The first-order chi connectivity index (χ1) is 10.2. The summed E-state index contributed by atoms with van der Waals surface area (Å²) in [6.07, 6.45) is 5.71. The molecule has 2 aromatic rings.